The van der Waals surface area contributed by atoms with E-state index in [4.69, 9.17) is 18.9 Å². The highest BCUT2D eigenvalue weighted by Gasteiger charge is 2.59. The lowest BCUT2D eigenvalue weighted by molar-refractivity contribution is -0.116. The summed E-state index contributed by atoms with van der Waals surface area (Å²) in [6.07, 6.45) is 2.47. The number of urea groups is 1. The van der Waals surface area contributed by atoms with E-state index in [1.54, 1.807) is 44.7 Å². The van der Waals surface area contributed by atoms with Gasteiger partial charge in [0.25, 0.3) is 0 Å². The number of nitrogens with zero attached hydrogens (tertiary/aromatic N) is 1. The van der Waals surface area contributed by atoms with Crippen LogP contribution in [0.3, 0.4) is 0 Å². The number of carbonyl (C=O) groups excluding carboxylic acids is 2. The standard InChI is InChI=1S/C26H24N4O6/c1-33-19-6-3-13(11-20(19)34-2)28-26(32)30-23-22-16-12-14(4-7-17(16)36-24(22)23)35-18-9-10-27-25-15(18)5-8-21(31)29-25/h3-4,6-7,9-12,22-24H,5,8H2,1-2H3,(H,27,29,31)(H2,28,30,32). The predicted octanol–water partition coefficient (Wildman–Crippen LogP) is 3.82. The van der Waals surface area contributed by atoms with Crippen molar-refractivity contribution in [1.29, 1.82) is 0 Å². The Balaban J connectivity index is 1.13. The van der Waals surface area contributed by atoms with Crippen LogP contribution in [0.25, 0.3) is 0 Å². The van der Waals surface area contributed by atoms with E-state index in [9.17, 15) is 9.59 Å². The fraction of sp³-hybridized carbons (Fsp3) is 0.269. The van der Waals surface area contributed by atoms with Crippen LogP contribution in [0.5, 0.6) is 28.7 Å². The molecule has 3 atom stereocenters. The monoisotopic (exact) mass is 488 g/mol. The highest BCUT2D eigenvalue weighted by atomic mass is 16.5. The van der Waals surface area contributed by atoms with Crippen LogP contribution in [0.4, 0.5) is 16.3 Å². The van der Waals surface area contributed by atoms with Gasteiger partial charge in [-0.3, -0.25) is 4.79 Å². The summed E-state index contributed by atoms with van der Waals surface area (Å²) in [5.74, 6) is 3.76. The lowest BCUT2D eigenvalue weighted by atomic mass is 10.1. The second-order valence-electron chi connectivity index (χ2n) is 8.79. The number of methoxy groups -OCH3 is 2. The number of amides is 3. The molecule has 3 heterocycles. The summed E-state index contributed by atoms with van der Waals surface area (Å²) in [4.78, 5) is 28.5. The van der Waals surface area contributed by atoms with Gasteiger partial charge in [-0.1, -0.05) is 0 Å². The summed E-state index contributed by atoms with van der Waals surface area (Å²) >= 11 is 0. The second kappa shape index (κ2) is 8.63. The van der Waals surface area contributed by atoms with Crippen molar-refractivity contribution in [2.75, 3.05) is 24.9 Å². The molecule has 1 aromatic heterocycles. The molecule has 1 saturated carbocycles. The fourth-order valence-corrected chi connectivity index (χ4v) is 4.79. The summed E-state index contributed by atoms with van der Waals surface area (Å²) in [7, 11) is 3.10. The zero-order valence-electron chi connectivity index (χ0n) is 19.7. The van der Waals surface area contributed by atoms with E-state index in [1.165, 1.54) is 0 Å². The number of carbonyl (C=O) groups is 2. The maximum Gasteiger partial charge on any atom is 0.319 e. The third kappa shape index (κ3) is 3.90. The molecule has 10 heteroatoms. The van der Waals surface area contributed by atoms with Crippen molar-refractivity contribution in [3.8, 4) is 28.7 Å². The van der Waals surface area contributed by atoms with E-state index >= 15 is 0 Å². The third-order valence-electron chi connectivity index (χ3n) is 6.60. The van der Waals surface area contributed by atoms with Gasteiger partial charge in [-0.05, 0) is 42.8 Å². The van der Waals surface area contributed by atoms with Gasteiger partial charge in [0, 0.05) is 35.5 Å². The van der Waals surface area contributed by atoms with E-state index in [0.717, 1.165) is 16.9 Å². The molecule has 36 heavy (non-hydrogen) atoms. The summed E-state index contributed by atoms with van der Waals surface area (Å²) in [6, 6.07) is 12.2. The average molecular weight is 489 g/mol. The quantitative estimate of drug-likeness (QED) is 0.482. The summed E-state index contributed by atoms with van der Waals surface area (Å²) in [5.41, 5.74) is 2.46. The van der Waals surface area contributed by atoms with Gasteiger partial charge in [-0.25, -0.2) is 9.78 Å². The fourth-order valence-electron chi connectivity index (χ4n) is 4.79. The summed E-state index contributed by atoms with van der Waals surface area (Å²) < 4.78 is 22.7. The van der Waals surface area contributed by atoms with Crippen molar-refractivity contribution in [3.63, 3.8) is 0 Å². The van der Waals surface area contributed by atoms with Crippen LogP contribution in [0.15, 0.2) is 48.7 Å². The Morgan fingerprint density at radius 2 is 1.92 bits per heavy atom. The Labute approximate surface area is 206 Å². The molecule has 2 aromatic carbocycles. The topological polar surface area (TPSA) is 120 Å². The molecular formula is C26H24N4O6. The van der Waals surface area contributed by atoms with Gasteiger partial charge in [0.2, 0.25) is 5.91 Å². The first-order valence-corrected chi connectivity index (χ1v) is 11.6. The molecule has 0 radical (unpaired) electrons. The number of benzene rings is 2. The Morgan fingerprint density at radius 1 is 1.06 bits per heavy atom. The zero-order chi connectivity index (χ0) is 24.8. The molecule has 0 saturated heterocycles. The molecule has 10 nitrogen and oxygen atoms in total. The van der Waals surface area contributed by atoms with Crippen LogP contribution < -0.4 is 34.9 Å². The molecule has 6 rings (SSSR count). The molecule has 0 spiro atoms. The Kier molecular flexibility index (Phi) is 5.28. The van der Waals surface area contributed by atoms with Gasteiger partial charge >= 0.3 is 6.03 Å². The first-order chi connectivity index (χ1) is 17.5. The Bertz CT molecular complexity index is 1380. The first kappa shape index (κ1) is 22.0. The summed E-state index contributed by atoms with van der Waals surface area (Å²) in [5, 5.41) is 8.60. The highest BCUT2D eigenvalue weighted by molar-refractivity contribution is 5.93. The van der Waals surface area contributed by atoms with Crippen LogP contribution in [0.1, 0.15) is 23.5 Å². The number of anilines is 2. The van der Waals surface area contributed by atoms with Crippen molar-refractivity contribution in [2.24, 2.45) is 0 Å². The predicted molar refractivity (Wildman–Crippen MR) is 130 cm³/mol. The Morgan fingerprint density at radius 3 is 2.75 bits per heavy atom. The number of pyridine rings is 1. The lowest BCUT2D eigenvalue weighted by Crippen LogP contribution is -2.34. The van der Waals surface area contributed by atoms with Crippen molar-refractivity contribution in [1.82, 2.24) is 10.3 Å². The van der Waals surface area contributed by atoms with Crippen LogP contribution in [-0.4, -0.2) is 43.3 Å². The van der Waals surface area contributed by atoms with Crippen LogP contribution in [-0.2, 0) is 11.2 Å². The van der Waals surface area contributed by atoms with E-state index in [0.29, 0.717) is 47.3 Å². The molecule has 3 unspecified atom stereocenters. The van der Waals surface area contributed by atoms with E-state index in [1.807, 2.05) is 18.2 Å². The largest absolute Gasteiger partial charge is 0.493 e. The number of nitrogens with one attached hydrogen (secondary N) is 3. The van der Waals surface area contributed by atoms with Gasteiger partial charge in [0.1, 0.15) is 29.2 Å². The number of hydrogen-bond donors (Lipinski definition) is 3. The number of fused-ring (bicyclic) bond motifs is 4. The SMILES string of the molecule is COc1ccc(NC(=O)NC2C3Oc4ccc(Oc5ccnc6c5CCC(=O)N6)cc4C23)cc1OC. The molecule has 2 aliphatic heterocycles. The molecule has 184 valence electrons. The lowest BCUT2D eigenvalue weighted by Gasteiger charge is -2.19. The molecular weight excluding hydrogens is 464 g/mol. The number of hydrogen-bond acceptors (Lipinski definition) is 7. The number of ether oxygens (including phenoxy) is 4. The van der Waals surface area contributed by atoms with Gasteiger partial charge in [0.05, 0.1) is 26.2 Å². The molecule has 3 aromatic rings. The highest BCUT2D eigenvalue weighted by Crippen LogP contribution is 2.54. The van der Waals surface area contributed by atoms with Crippen molar-refractivity contribution in [2.45, 2.75) is 30.9 Å². The summed E-state index contributed by atoms with van der Waals surface area (Å²) in [6.45, 7) is 0. The minimum atomic E-state index is -0.329. The minimum absolute atomic E-state index is 0.0460. The third-order valence-corrected chi connectivity index (χ3v) is 6.60. The van der Waals surface area contributed by atoms with E-state index < -0.39 is 0 Å². The van der Waals surface area contributed by atoms with Gasteiger partial charge in [-0.2, -0.15) is 0 Å². The smallest absolute Gasteiger partial charge is 0.319 e. The van der Waals surface area contributed by atoms with Gasteiger partial charge in [-0.15, -0.1) is 0 Å². The second-order valence-corrected chi connectivity index (χ2v) is 8.79. The van der Waals surface area contributed by atoms with Crippen LogP contribution in [0, 0.1) is 0 Å². The molecule has 1 aliphatic carbocycles. The molecule has 3 amide bonds. The molecule has 3 aliphatic rings. The number of aromatic nitrogens is 1. The molecule has 3 N–H and O–H groups in total. The molecule has 0 bridgehead atoms. The molecule has 1 fully saturated rings. The van der Waals surface area contributed by atoms with E-state index in [2.05, 4.69) is 20.9 Å². The van der Waals surface area contributed by atoms with Gasteiger partial charge in [0.15, 0.2) is 11.5 Å². The normalized spacial score (nSPS) is 20.6. The van der Waals surface area contributed by atoms with Crippen molar-refractivity contribution < 1.29 is 28.5 Å². The van der Waals surface area contributed by atoms with Crippen LogP contribution >= 0.6 is 0 Å². The maximum atomic E-state index is 12.6. The first-order valence-electron chi connectivity index (χ1n) is 11.6. The van der Waals surface area contributed by atoms with Crippen molar-refractivity contribution >= 4 is 23.4 Å². The van der Waals surface area contributed by atoms with Crippen molar-refractivity contribution in [3.05, 3.63) is 59.8 Å². The average Bonchev–Trinajstić information content (AvgIpc) is 3.39. The number of rotatable bonds is 6. The Hall–Kier alpha value is -4.47. The minimum Gasteiger partial charge on any atom is -0.493 e. The van der Waals surface area contributed by atoms with E-state index in [-0.39, 0.29) is 30.0 Å². The van der Waals surface area contributed by atoms with Crippen LogP contribution in [0.2, 0.25) is 0 Å². The maximum absolute atomic E-state index is 12.6. The van der Waals surface area contributed by atoms with Gasteiger partial charge < -0.3 is 34.9 Å². The zero-order valence-corrected chi connectivity index (χ0v) is 19.7.